The molecular weight excluding hydrogens is 615 g/mol. The van der Waals surface area contributed by atoms with Crippen molar-refractivity contribution < 1.29 is 9.53 Å². The summed E-state index contributed by atoms with van der Waals surface area (Å²) in [5, 5.41) is 5.92. The van der Waals surface area contributed by atoms with E-state index < -0.39 is 17.7 Å². The molecule has 2 aromatic heterocycles. The second-order valence-corrected chi connectivity index (χ2v) is 19.4. The summed E-state index contributed by atoms with van der Waals surface area (Å²) in [5.74, 6) is -0.372. The lowest BCUT2D eigenvalue weighted by Crippen LogP contribution is -2.34. The molecule has 0 aliphatic rings. The van der Waals surface area contributed by atoms with Crippen molar-refractivity contribution in [3.8, 4) is 0 Å². The second-order valence-electron chi connectivity index (χ2n) is 9.64. The molecule has 1 unspecified atom stereocenters. The second kappa shape index (κ2) is 12.2. The Balaban J connectivity index is 1.74. The van der Waals surface area contributed by atoms with Crippen LogP contribution in [0.5, 0.6) is 0 Å². The number of hydrogen-bond donors (Lipinski definition) is 0. The Morgan fingerprint density at radius 2 is 1.24 bits per heavy atom. The van der Waals surface area contributed by atoms with E-state index in [1.807, 2.05) is 116 Å². The van der Waals surface area contributed by atoms with E-state index in [0.29, 0.717) is 5.69 Å². The minimum atomic E-state index is -2.89. The zero-order valence-corrected chi connectivity index (χ0v) is 27.1. The van der Waals surface area contributed by atoms with Gasteiger partial charge in [0.1, 0.15) is 5.66 Å². The number of hydrogen-bond acceptors (Lipinski definition) is 6. The van der Waals surface area contributed by atoms with Gasteiger partial charge in [0.15, 0.2) is 4.96 Å². The summed E-state index contributed by atoms with van der Waals surface area (Å²) in [6, 6.07) is 34.8. The third-order valence-electron chi connectivity index (χ3n) is 7.21. The molecule has 9 heteroatoms. The molecule has 0 aliphatic carbocycles. The molecule has 0 saturated heterocycles. The number of nitrogens with zero attached hydrogens (tertiary/aromatic N) is 2. The highest BCUT2D eigenvalue weighted by molar-refractivity contribution is 8.25. The largest absolute Gasteiger partial charge is 0.465 e. The molecule has 0 amide bonds. The Morgan fingerprint density at radius 1 is 0.786 bits per heavy atom. The fourth-order valence-corrected chi connectivity index (χ4v) is 14.8. The van der Waals surface area contributed by atoms with E-state index in [0.717, 1.165) is 31.6 Å². The highest BCUT2D eigenvalue weighted by atomic mass is 32.4. The number of aromatic nitrogens is 2. The summed E-state index contributed by atoms with van der Waals surface area (Å²) >= 11 is 15.1. The van der Waals surface area contributed by atoms with Crippen LogP contribution in [0.25, 0.3) is 4.96 Å². The molecule has 0 radical (unpaired) electrons. The van der Waals surface area contributed by atoms with Crippen LogP contribution >= 0.6 is 23.4 Å². The third kappa shape index (κ3) is 4.94. The number of carbonyl (C=O) groups excluding carboxylic acids is 1. The minimum absolute atomic E-state index is 0.233. The Morgan fingerprint density at radius 3 is 1.69 bits per heavy atom. The van der Waals surface area contributed by atoms with Crippen LogP contribution in [0.15, 0.2) is 133 Å². The molecular formula is C33H28N2O2P2S3. The molecule has 210 valence electrons. The summed E-state index contributed by atoms with van der Waals surface area (Å²) < 4.78 is 7.94. The van der Waals surface area contributed by atoms with Crippen molar-refractivity contribution in [2.24, 2.45) is 0 Å². The van der Waals surface area contributed by atoms with Crippen molar-refractivity contribution in [1.29, 1.82) is 0 Å². The molecule has 0 aliphatic heterocycles. The molecule has 6 rings (SSSR count). The van der Waals surface area contributed by atoms with Crippen molar-refractivity contribution in [2.45, 2.75) is 12.6 Å². The van der Waals surface area contributed by atoms with Crippen LogP contribution in [-0.4, -0.2) is 22.0 Å². The van der Waals surface area contributed by atoms with E-state index in [1.54, 1.807) is 0 Å². The highest BCUT2D eigenvalue weighted by Gasteiger charge is 2.45. The average Bonchev–Trinajstić information content (AvgIpc) is 3.64. The lowest BCUT2D eigenvalue weighted by Gasteiger charge is -2.32. The van der Waals surface area contributed by atoms with Crippen molar-refractivity contribution in [3.05, 3.63) is 139 Å². The van der Waals surface area contributed by atoms with Gasteiger partial charge in [-0.15, -0.1) is 11.3 Å². The van der Waals surface area contributed by atoms with Gasteiger partial charge in [0.25, 0.3) is 0 Å². The number of imidazole rings is 1. The van der Waals surface area contributed by atoms with Gasteiger partial charge in [-0.3, -0.25) is 9.20 Å². The molecule has 6 aromatic rings. The van der Waals surface area contributed by atoms with Crippen molar-refractivity contribution in [1.82, 2.24) is 9.38 Å². The van der Waals surface area contributed by atoms with Gasteiger partial charge < -0.3 is 4.74 Å². The first-order valence-electron chi connectivity index (χ1n) is 13.5. The molecule has 0 bridgehead atoms. The van der Waals surface area contributed by atoms with Gasteiger partial charge in [-0.05, 0) is 28.1 Å². The van der Waals surface area contributed by atoms with Crippen LogP contribution in [0.4, 0.5) is 0 Å². The normalized spacial score (nSPS) is 12.7. The van der Waals surface area contributed by atoms with Gasteiger partial charge in [0.05, 0.1) is 23.8 Å². The predicted molar refractivity (Wildman–Crippen MR) is 185 cm³/mol. The quantitative estimate of drug-likeness (QED) is 0.146. The Labute approximate surface area is 260 Å². The summed E-state index contributed by atoms with van der Waals surface area (Å²) in [6.45, 7) is 2.06. The van der Waals surface area contributed by atoms with Crippen LogP contribution in [0, 0.1) is 0 Å². The first kappa shape index (κ1) is 28.9. The number of ether oxygens (including phenoxy) is 1. The van der Waals surface area contributed by atoms with E-state index >= 15 is 0 Å². The fourth-order valence-electron chi connectivity index (χ4n) is 5.36. The van der Waals surface area contributed by atoms with Gasteiger partial charge >= 0.3 is 5.97 Å². The van der Waals surface area contributed by atoms with Gasteiger partial charge in [-0.1, -0.05) is 145 Å². The molecule has 4 nitrogen and oxygen atoms in total. The Bertz CT molecular complexity index is 1840. The SMILES string of the molecule is CCOC(=O)C(c1nc2sccn2c1P(=S)(c1ccccc1)c1ccccc1)P(=S)(c1ccccc1)c1ccccc1. The van der Waals surface area contributed by atoms with E-state index in [-0.39, 0.29) is 12.6 Å². The molecule has 0 N–H and O–H groups in total. The molecule has 2 heterocycles. The summed E-state index contributed by atoms with van der Waals surface area (Å²) in [6.07, 6.45) is 2.01. The lowest BCUT2D eigenvalue weighted by atomic mass is 10.3. The van der Waals surface area contributed by atoms with Crippen LogP contribution in [0.1, 0.15) is 18.3 Å². The summed E-state index contributed by atoms with van der Waals surface area (Å²) in [7, 11) is 0. The number of fused-ring (bicyclic) bond motifs is 1. The van der Waals surface area contributed by atoms with Crippen molar-refractivity contribution >= 4 is 84.6 Å². The fraction of sp³-hybridized carbons (Fsp3) is 0.0909. The van der Waals surface area contributed by atoms with Crippen LogP contribution in [0.2, 0.25) is 0 Å². The zero-order valence-electron chi connectivity index (χ0n) is 22.8. The van der Waals surface area contributed by atoms with Gasteiger partial charge in [0, 0.05) is 17.6 Å². The Hall–Kier alpha value is -3.18. The third-order valence-corrected chi connectivity index (χ3v) is 18.1. The molecule has 1 atom stereocenters. The molecule has 0 fully saturated rings. The van der Waals surface area contributed by atoms with Crippen molar-refractivity contribution in [3.63, 3.8) is 0 Å². The maximum Gasteiger partial charge on any atom is 0.320 e. The maximum atomic E-state index is 14.4. The van der Waals surface area contributed by atoms with Crippen LogP contribution in [0.3, 0.4) is 0 Å². The maximum absolute atomic E-state index is 14.4. The summed E-state index contributed by atoms with van der Waals surface area (Å²) in [5.41, 5.74) is 0.631. The molecule has 42 heavy (non-hydrogen) atoms. The number of rotatable bonds is 9. The van der Waals surface area contributed by atoms with Crippen LogP contribution < -0.4 is 26.7 Å². The number of benzene rings is 4. The molecule has 4 aromatic carbocycles. The monoisotopic (exact) mass is 642 g/mol. The van der Waals surface area contributed by atoms with Gasteiger partial charge in [0.2, 0.25) is 0 Å². The Kier molecular flexibility index (Phi) is 8.40. The standard InChI is InChI=1S/C33H28N2O2P2S3/c1-2-37-32(36)30(38(40,25-15-7-3-8-16-25)26-17-9-4-10-18-26)29-31(35-23-24-42-33(35)34-29)39(41,27-19-11-5-12-20-27)28-21-13-6-14-22-28/h3-24,30H,2H2,1H3. The highest BCUT2D eigenvalue weighted by Crippen LogP contribution is 2.59. The summed E-state index contributed by atoms with van der Waals surface area (Å²) in [4.78, 5) is 20.3. The predicted octanol–water partition coefficient (Wildman–Crippen LogP) is 5.89. The topological polar surface area (TPSA) is 43.6 Å². The van der Waals surface area contributed by atoms with Gasteiger partial charge in [-0.2, -0.15) is 0 Å². The first-order chi connectivity index (χ1) is 20.5. The number of thiazole rings is 1. The minimum Gasteiger partial charge on any atom is -0.465 e. The van der Waals surface area contributed by atoms with Crippen LogP contribution in [-0.2, 0) is 33.1 Å². The molecule has 0 spiro atoms. The first-order valence-corrected chi connectivity index (χ1v) is 20.1. The average molecular weight is 643 g/mol. The van der Waals surface area contributed by atoms with E-state index in [9.17, 15) is 4.79 Å². The lowest BCUT2D eigenvalue weighted by molar-refractivity contribution is -0.142. The molecule has 0 saturated carbocycles. The van der Waals surface area contributed by atoms with E-state index in [1.165, 1.54) is 11.3 Å². The van der Waals surface area contributed by atoms with Gasteiger partial charge in [-0.25, -0.2) is 4.98 Å². The van der Waals surface area contributed by atoms with E-state index in [4.69, 9.17) is 33.3 Å². The smallest absolute Gasteiger partial charge is 0.320 e. The zero-order chi connectivity index (χ0) is 29.2. The number of esters is 1. The van der Waals surface area contributed by atoms with E-state index in [2.05, 4.69) is 28.7 Å². The number of carbonyl (C=O) groups is 1. The van der Waals surface area contributed by atoms with Crippen molar-refractivity contribution in [2.75, 3.05) is 6.61 Å².